The van der Waals surface area contributed by atoms with Crippen molar-refractivity contribution in [3.05, 3.63) is 138 Å². The lowest BCUT2D eigenvalue weighted by Gasteiger charge is -2.16. The van der Waals surface area contributed by atoms with Gasteiger partial charge in [-0.15, -0.1) is 0 Å². The molecule has 8 rings (SSSR count). The molecule has 3 heterocycles. The van der Waals surface area contributed by atoms with Crippen molar-refractivity contribution in [2.45, 2.75) is 13.8 Å². The van der Waals surface area contributed by atoms with Gasteiger partial charge in [0.2, 0.25) is 0 Å². The Morgan fingerprint density at radius 1 is 0.545 bits per heavy atom. The molecule has 0 aliphatic carbocycles. The Kier molecular flexibility index (Phi) is 5.74. The first-order valence-corrected chi connectivity index (χ1v) is 14.4. The van der Waals surface area contributed by atoms with E-state index in [-0.39, 0.29) is 11.8 Å². The summed E-state index contributed by atoms with van der Waals surface area (Å²) in [5, 5.41) is 2.06. The zero-order chi connectivity index (χ0) is 29.9. The number of aryl methyl sites for hydroxylation is 2. The Balaban J connectivity index is 1.32. The van der Waals surface area contributed by atoms with Gasteiger partial charge in [0.25, 0.3) is 11.8 Å². The summed E-state index contributed by atoms with van der Waals surface area (Å²) in [6, 6.07) is 37.2. The van der Waals surface area contributed by atoms with Crippen LogP contribution in [0.2, 0.25) is 0 Å². The van der Waals surface area contributed by atoms with E-state index in [0.29, 0.717) is 40.0 Å². The van der Waals surface area contributed by atoms with Crippen LogP contribution in [0.3, 0.4) is 0 Å². The third kappa shape index (κ3) is 3.94. The number of rotatable bonds is 4. The van der Waals surface area contributed by atoms with Crippen LogP contribution in [-0.2, 0) is 0 Å². The smallest absolute Gasteiger partial charge is 0.268 e. The number of nitrogens with zero attached hydrogens (tertiary/aromatic N) is 5. The number of hydrogen-bond donors (Lipinski definition) is 0. The second-order valence-corrected chi connectivity index (χ2v) is 10.9. The molecule has 0 fully saturated rings. The van der Waals surface area contributed by atoms with E-state index in [9.17, 15) is 9.59 Å². The monoisotopic (exact) mass is 571 g/mol. The van der Waals surface area contributed by atoms with Gasteiger partial charge in [0, 0.05) is 16.3 Å². The first-order valence-electron chi connectivity index (χ1n) is 14.4. The molecule has 210 valence electrons. The minimum atomic E-state index is -0.350. The predicted molar refractivity (Wildman–Crippen MR) is 172 cm³/mol. The molecule has 7 nitrogen and oxygen atoms in total. The quantitative estimate of drug-likeness (QED) is 0.202. The minimum Gasteiger partial charge on any atom is -0.308 e. The number of carbonyl (C=O) groups excluding carboxylic acids is 2. The Morgan fingerprint density at radius 2 is 1.25 bits per heavy atom. The van der Waals surface area contributed by atoms with Crippen molar-refractivity contribution in [1.82, 2.24) is 19.5 Å². The van der Waals surface area contributed by atoms with Crippen molar-refractivity contribution in [1.29, 1.82) is 0 Å². The maximum Gasteiger partial charge on any atom is 0.268 e. The summed E-state index contributed by atoms with van der Waals surface area (Å²) in [4.78, 5) is 42.9. The average Bonchev–Trinajstić information content (AvgIpc) is 3.51. The SMILES string of the molecule is Cc1nc(C)nc(-c2ccc3c4ccccc4n(-c4cccc5c4C(=O)N(c4cccc(-c6ccccc6)c4)C5=O)c3c2)n1. The van der Waals surface area contributed by atoms with E-state index in [2.05, 4.69) is 31.7 Å². The van der Waals surface area contributed by atoms with Crippen molar-refractivity contribution in [2.24, 2.45) is 0 Å². The lowest BCUT2D eigenvalue weighted by Crippen LogP contribution is -2.29. The van der Waals surface area contributed by atoms with Gasteiger partial charge < -0.3 is 4.57 Å². The van der Waals surface area contributed by atoms with E-state index in [4.69, 9.17) is 0 Å². The number of aromatic nitrogens is 4. The highest BCUT2D eigenvalue weighted by molar-refractivity contribution is 6.36. The average molecular weight is 572 g/mol. The second-order valence-electron chi connectivity index (χ2n) is 10.9. The summed E-state index contributed by atoms with van der Waals surface area (Å²) in [6.07, 6.45) is 0. The fourth-order valence-electron chi connectivity index (χ4n) is 6.26. The van der Waals surface area contributed by atoms with Gasteiger partial charge in [-0.2, -0.15) is 0 Å². The molecule has 0 radical (unpaired) electrons. The molecule has 2 aromatic heterocycles. The second kappa shape index (κ2) is 9.81. The van der Waals surface area contributed by atoms with Gasteiger partial charge in [0.15, 0.2) is 5.82 Å². The summed E-state index contributed by atoms with van der Waals surface area (Å²) in [5.41, 5.74) is 6.53. The van der Waals surface area contributed by atoms with Crippen LogP contribution >= 0.6 is 0 Å². The first-order chi connectivity index (χ1) is 21.5. The number of carbonyl (C=O) groups is 2. The van der Waals surface area contributed by atoms with Crippen molar-refractivity contribution in [2.75, 3.05) is 4.90 Å². The van der Waals surface area contributed by atoms with E-state index in [1.54, 1.807) is 12.1 Å². The molecule has 0 unspecified atom stereocenters. The van der Waals surface area contributed by atoms with Gasteiger partial charge >= 0.3 is 0 Å². The maximum absolute atomic E-state index is 14.3. The van der Waals surface area contributed by atoms with Gasteiger partial charge in [0.1, 0.15) is 11.6 Å². The van der Waals surface area contributed by atoms with E-state index >= 15 is 0 Å². The topological polar surface area (TPSA) is 81.0 Å². The van der Waals surface area contributed by atoms with Gasteiger partial charge in [-0.1, -0.05) is 78.9 Å². The van der Waals surface area contributed by atoms with Crippen LogP contribution in [-0.4, -0.2) is 31.3 Å². The van der Waals surface area contributed by atoms with Gasteiger partial charge in [-0.05, 0) is 61.4 Å². The van der Waals surface area contributed by atoms with E-state index < -0.39 is 0 Å². The zero-order valence-corrected chi connectivity index (χ0v) is 24.0. The molecular formula is C37H25N5O2. The molecule has 0 spiro atoms. The molecule has 1 aliphatic heterocycles. The lowest BCUT2D eigenvalue weighted by atomic mass is 10.0. The lowest BCUT2D eigenvalue weighted by molar-refractivity contribution is 0.0926. The first kappa shape index (κ1) is 25.7. The molecule has 44 heavy (non-hydrogen) atoms. The third-order valence-electron chi connectivity index (χ3n) is 8.14. The summed E-state index contributed by atoms with van der Waals surface area (Å²) in [6.45, 7) is 3.70. The van der Waals surface area contributed by atoms with Gasteiger partial charge in [-0.3, -0.25) is 9.59 Å². The number of imide groups is 1. The fraction of sp³-hybridized carbons (Fsp3) is 0.0541. The molecule has 0 saturated heterocycles. The van der Waals surface area contributed by atoms with Crippen LogP contribution in [0.5, 0.6) is 0 Å². The highest BCUT2D eigenvalue weighted by Crippen LogP contribution is 2.39. The van der Waals surface area contributed by atoms with Crippen LogP contribution in [0.1, 0.15) is 32.4 Å². The third-order valence-corrected chi connectivity index (χ3v) is 8.14. The highest BCUT2D eigenvalue weighted by atomic mass is 16.2. The molecule has 0 bridgehead atoms. The summed E-state index contributed by atoms with van der Waals surface area (Å²) >= 11 is 0. The largest absolute Gasteiger partial charge is 0.308 e. The van der Waals surface area contributed by atoms with E-state index in [1.165, 1.54) is 4.90 Å². The van der Waals surface area contributed by atoms with Crippen molar-refractivity contribution in [3.8, 4) is 28.2 Å². The standard InChI is InChI=1S/C37H25N5O2/c1-22-38-23(2)40-35(39-22)26-18-19-29-28-14-6-7-16-31(28)42(33(29)21-26)32-17-9-15-30-34(32)37(44)41(36(30)43)27-13-8-12-25(20-27)24-10-4-3-5-11-24/h3-21H,1-2H3. The summed E-state index contributed by atoms with van der Waals surface area (Å²) in [5.74, 6) is 1.19. The Hall–Kier alpha value is -5.95. The van der Waals surface area contributed by atoms with Crippen LogP contribution < -0.4 is 4.90 Å². The number of amides is 2. The fourth-order valence-corrected chi connectivity index (χ4v) is 6.26. The Bertz CT molecular complexity index is 2290. The van der Waals surface area contributed by atoms with E-state index in [1.807, 2.05) is 105 Å². The molecule has 5 aromatic carbocycles. The number of hydrogen-bond acceptors (Lipinski definition) is 5. The summed E-state index contributed by atoms with van der Waals surface area (Å²) < 4.78 is 2.07. The van der Waals surface area contributed by atoms with Crippen molar-refractivity contribution < 1.29 is 9.59 Å². The Morgan fingerprint density at radius 3 is 2.07 bits per heavy atom. The van der Waals surface area contributed by atoms with Crippen LogP contribution in [0, 0.1) is 13.8 Å². The van der Waals surface area contributed by atoms with Crippen LogP contribution in [0.4, 0.5) is 5.69 Å². The zero-order valence-electron chi connectivity index (χ0n) is 24.0. The van der Waals surface area contributed by atoms with Crippen molar-refractivity contribution in [3.63, 3.8) is 0 Å². The number of para-hydroxylation sites is 1. The predicted octanol–water partition coefficient (Wildman–Crippen LogP) is 7.72. The molecule has 1 aliphatic rings. The number of anilines is 1. The molecule has 0 atom stereocenters. The van der Waals surface area contributed by atoms with Crippen LogP contribution in [0.15, 0.2) is 115 Å². The summed E-state index contributed by atoms with van der Waals surface area (Å²) in [7, 11) is 0. The van der Waals surface area contributed by atoms with Crippen LogP contribution in [0.25, 0.3) is 50.0 Å². The number of fused-ring (bicyclic) bond motifs is 4. The van der Waals surface area contributed by atoms with E-state index in [0.717, 1.165) is 38.5 Å². The normalized spacial score (nSPS) is 12.8. The molecule has 7 heteroatoms. The maximum atomic E-state index is 14.3. The highest BCUT2D eigenvalue weighted by Gasteiger charge is 2.39. The van der Waals surface area contributed by atoms with Gasteiger partial charge in [0.05, 0.1) is 33.5 Å². The Labute approximate surface area is 253 Å². The molecule has 7 aromatic rings. The molecule has 2 amide bonds. The molecule has 0 saturated carbocycles. The molecular weight excluding hydrogens is 546 g/mol. The minimum absolute atomic E-state index is 0.338. The van der Waals surface area contributed by atoms with Gasteiger partial charge in [-0.25, -0.2) is 19.9 Å². The molecule has 0 N–H and O–H groups in total. The van der Waals surface area contributed by atoms with Crippen molar-refractivity contribution >= 4 is 39.3 Å². The number of benzene rings is 5.